The van der Waals surface area contributed by atoms with Crippen LogP contribution in [0.3, 0.4) is 0 Å². The second kappa shape index (κ2) is 6.64. The van der Waals surface area contributed by atoms with E-state index >= 15 is 0 Å². The number of benzene rings is 1. The van der Waals surface area contributed by atoms with Crippen molar-refractivity contribution < 1.29 is 24.5 Å². The Bertz CT molecular complexity index is 511. The van der Waals surface area contributed by atoms with Crippen molar-refractivity contribution in [3.63, 3.8) is 0 Å². The molecule has 0 aliphatic rings. The van der Waals surface area contributed by atoms with Crippen molar-refractivity contribution in [2.24, 2.45) is 5.73 Å². The van der Waals surface area contributed by atoms with Crippen molar-refractivity contribution in [2.45, 2.75) is 32.4 Å². The first-order valence-electron chi connectivity index (χ1n) is 6.45. The van der Waals surface area contributed by atoms with Gasteiger partial charge in [-0.25, -0.2) is 4.79 Å². The number of aliphatic hydroxyl groups is 1. The van der Waals surface area contributed by atoms with Crippen LogP contribution in [0.25, 0.3) is 0 Å². The molecule has 7 heteroatoms. The van der Waals surface area contributed by atoms with Crippen molar-refractivity contribution in [3.05, 3.63) is 17.7 Å². The molecule has 1 aromatic rings. The molecule has 5 N–H and O–H groups in total. The van der Waals surface area contributed by atoms with E-state index in [4.69, 9.17) is 20.3 Å². The SMILES string of the molecule is COc1cc(C(N)CO)cc(NC(=O)OC(C)(C)C)c1O. The molecule has 1 atom stereocenters. The van der Waals surface area contributed by atoms with E-state index in [1.165, 1.54) is 19.2 Å². The number of aliphatic hydroxyl groups excluding tert-OH is 1. The molecule has 0 spiro atoms. The van der Waals surface area contributed by atoms with Gasteiger partial charge in [0.1, 0.15) is 5.60 Å². The maximum atomic E-state index is 11.8. The lowest BCUT2D eigenvalue weighted by atomic mass is 10.1. The van der Waals surface area contributed by atoms with Crippen molar-refractivity contribution >= 4 is 11.8 Å². The summed E-state index contributed by atoms with van der Waals surface area (Å²) in [4.78, 5) is 11.8. The fourth-order valence-electron chi connectivity index (χ4n) is 1.61. The summed E-state index contributed by atoms with van der Waals surface area (Å²) in [7, 11) is 1.38. The van der Waals surface area contributed by atoms with Gasteiger partial charge in [-0.2, -0.15) is 0 Å². The van der Waals surface area contributed by atoms with Crippen molar-refractivity contribution in [1.82, 2.24) is 0 Å². The van der Waals surface area contributed by atoms with Gasteiger partial charge in [0.25, 0.3) is 0 Å². The van der Waals surface area contributed by atoms with Gasteiger partial charge in [-0.1, -0.05) is 0 Å². The number of ether oxygens (including phenoxy) is 2. The summed E-state index contributed by atoms with van der Waals surface area (Å²) in [5, 5.41) is 21.6. The van der Waals surface area contributed by atoms with Crippen LogP contribution in [0.15, 0.2) is 12.1 Å². The van der Waals surface area contributed by atoms with Gasteiger partial charge in [0.05, 0.1) is 25.4 Å². The number of nitrogens with two attached hydrogens (primary N) is 1. The van der Waals surface area contributed by atoms with Crippen molar-refractivity contribution in [1.29, 1.82) is 0 Å². The fraction of sp³-hybridized carbons (Fsp3) is 0.500. The van der Waals surface area contributed by atoms with Crippen LogP contribution in [-0.2, 0) is 4.74 Å². The lowest BCUT2D eigenvalue weighted by Crippen LogP contribution is -2.27. The zero-order valence-electron chi connectivity index (χ0n) is 12.6. The average molecular weight is 298 g/mol. The Kier molecular flexibility index (Phi) is 5.40. The maximum Gasteiger partial charge on any atom is 0.412 e. The standard InChI is InChI=1S/C14H22N2O5/c1-14(2,3)21-13(19)16-10-5-8(9(15)7-17)6-11(20-4)12(10)18/h5-6,9,17-18H,7,15H2,1-4H3,(H,16,19). The minimum atomic E-state index is -0.713. The van der Waals surface area contributed by atoms with Crippen LogP contribution in [-0.4, -0.2) is 35.6 Å². The van der Waals surface area contributed by atoms with Gasteiger partial charge in [-0.3, -0.25) is 5.32 Å². The zero-order chi connectivity index (χ0) is 16.2. The molecular formula is C14H22N2O5. The number of hydrogen-bond acceptors (Lipinski definition) is 6. The van der Waals surface area contributed by atoms with E-state index in [9.17, 15) is 9.90 Å². The van der Waals surface area contributed by atoms with Crippen molar-refractivity contribution in [3.8, 4) is 11.5 Å². The van der Waals surface area contributed by atoms with Gasteiger partial charge in [0.15, 0.2) is 11.5 Å². The number of phenols is 1. The van der Waals surface area contributed by atoms with E-state index in [-0.39, 0.29) is 23.8 Å². The highest BCUT2D eigenvalue weighted by atomic mass is 16.6. The number of carbonyl (C=O) groups is 1. The van der Waals surface area contributed by atoms with E-state index < -0.39 is 17.7 Å². The van der Waals surface area contributed by atoms with Gasteiger partial charge in [0, 0.05) is 0 Å². The van der Waals surface area contributed by atoms with E-state index in [1.54, 1.807) is 20.8 Å². The number of aromatic hydroxyl groups is 1. The summed E-state index contributed by atoms with van der Waals surface area (Å²) in [6, 6.07) is 2.30. The summed E-state index contributed by atoms with van der Waals surface area (Å²) in [6.07, 6.45) is -0.713. The Morgan fingerprint density at radius 3 is 2.52 bits per heavy atom. The second-order valence-corrected chi connectivity index (χ2v) is 5.54. The highest BCUT2D eigenvalue weighted by molar-refractivity contribution is 5.88. The zero-order valence-corrected chi connectivity index (χ0v) is 12.6. The molecule has 118 valence electrons. The highest BCUT2D eigenvalue weighted by Gasteiger charge is 2.20. The number of amides is 1. The number of methoxy groups -OCH3 is 1. The molecule has 1 unspecified atom stereocenters. The molecule has 0 heterocycles. The summed E-state index contributed by atoms with van der Waals surface area (Å²) >= 11 is 0. The molecule has 0 bridgehead atoms. The number of nitrogens with one attached hydrogen (secondary N) is 1. The van der Waals surface area contributed by atoms with Crippen LogP contribution < -0.4 is 15.8 Å². The lowest BCUT2D eigenvalue weighted by Gasteiger charge is -2.21. The average Bonchev–Trinajstić information content (AvgIpc) is 2.37. The normalized spacial score (nSPS) is 12.7. The molecule has 0 saturated heterocycles. The molecule has 0 saturated carbocycles. The van der Waals surface area contributed by atoms with Crippen LogP contribution in [0.1, 0.15) is 32.4 Å². The molecule has 0 aliphatic carbocycles. The quantitative estimate of drug-likeness (QED) is 0.630. The predicted molar refractivity (Wildman–Crippen MR) is 78.5 cm³/mol. The summed E-state index contributed by atoms with van der Waals surface area (Å²) in [5.74, 6) is -0.0975. The second-order valence-electron chi connectivity index (χ2n) is 5.54. The third kappa shape index (κ3) is 4.80. The van der Waals surface area contributed by atoms with Gasteiger partial charge in [-0.05, 0) is 38.5 Å². The Labute approximate surface area is 123 Å². The smallest absolute Gasteiger partial charge is 0.412 e. The molecule has 0 aromatic heterocycles. The summed E-state index contributed by atoms with van der Waals surface area (Å²) < 4.78 is 10.1. The first kappa shape index (κ1) is 17.1. The Morgan fingerprint density at radius 2 is 2.05 bits per heavy atom. The third-order valence-electron chi connectivity index (χ3n) is 2.58. The molecule has 1 rings (SSSR count). The van der Waals surface area contributed by atoms with Crippen LogP contribution in [0.2, 0.25) is 0 Å². The summed E-state index contributed by atoms with van der Waals surface area (Å²) in [5.41, 5.74) is 5.69. The highest BCUT2D eigenvalue weighted by Crippen LogP contribution is 2.37. The third-order valence-corrected chi connectivity index (χ3v) is 2.58. The summed E-state index contributed by atoms with van der Waals surface area (Å²) in [6.45, 7) is 4.90. The molecular weight excluding hydrogens is 276 g/mol. The molecule has 0 radical (unpaired) electrons. The number of phenolic OH excluding ortho intramolecular Hbond substituents is 1. The number of hydrogen-bond donors (Lipinski definition) is 4. The molecule has 0 aliphatic heterocycles. The minimum Gasteiger partial charge on any atom is -0.503 e. The molecule has 0 fully saturated rings. The van der Waals surface area contributed by atoms with Crippen molar-refractivity contribution in [2.75, 3.05) is 19.0 Å². The van der Waals surface area contributed by atoms with Gasteiger partial charge in [0.2, 0.25) is 0 Å². The molecule has 1 amide bonds. The number of anilines is 1. The fourth-order valence-corrected chi connectivity index (χ4v) is 1.61. The largest absolute Gasteiger partial charge is 0.503 e. The van der Waals surface area contributed by atoms with Crippen LogP contribution >= 0.6 is 0 Å². The van der Waals surface area contributed by atoms with Crippen LogP contribution in [0, 0.1) is 0 Å². The minimum absolute atomic E-state index is 0.0995. The molecule has 21 heavy (non-hydrogen) atoms. The monoisotopic (exact) mass is 298 g/mol. The van der Waals surface area contributed by atoms with Crippen LogP contribution in [0.5, 0.6) is 11.5 Å². The Hall–Kier alpha value is -1.99. The first-order chi connectivity index (χ1) is 9.67. The Balaban J connectivity index is 3.07. The van der Waals surface area contributed by atoms with E-state index in [0.29, 0.717) is 5.56 Å². The number of carbonyl (C=O) groups excluding carboxylic acids is 1. The van der Waals surface area contributed by atoms with Gasteiger partial charge in [-0.15, -0.1) is 0 Å². The van der Waals surface area contributed by atoms with E-state index in [1.807, 2.05) is 0 Å². The van der Waals surface area contributed by atoms with Gasteiger partial charge < -0.3 is 25.4 Å². The Morgan fingerprint density at radius 1 is 1.43 bits per heavy atom. The van der Waals surface area contributed by atoms with E-state index in [0.717, 1.165) is 0 Å². The predicted octanol–water partition coefficient (Wildman–Crippen LogP) is 1.74. The first-order valence-corrected chi connectivity index (χ1v) is 6.45. The molecule has 7 nitrogen and oxygen atoms in total. The lowest BCUT2D eigenvalue weighted by molar-refractivity contribution is 0.0635. The van der Waals surface area contributed by atoms with Crippen LogP contribution in [0.4, 0.5) is 10.5 Å². The van der Waals surface area contributed by atoms with E-state index in [2.05, 4.69) is 5.32 Å². The molecule has 1 aromatic carbocycles. The topological polar surface area (TPSA) is 114 Å². The maximum absolute atomic E-state index is 11.8. The van der Waals surface area contributed by atoms with Gasteiger partial charge >= 0.3 is 6.09 Å². The number of rotatable bonds is 4.